The number of ether oxygens (including phenoxy) is 2. The van der Waals surface area contributed by atoms with Gasteiger partial charge in [-0.15, -0.1) is 0 Å². The number of ketones is 1. The van der Waals surface area contributed by atoms with Crippen molar-refractivity contribution in [3.8, 4) is 11.5 Å². The average molecular weight is 848 g/mol. The minimum absolute atomic E-state index is 0.0259. The first-order chi connectivity index (χ1) is 29.6. The zero-order valence-corrected chi connectivity index (χ0v) is 33.6. The lowest BCUT2D eigenvalue weighted by atomic mass is 9.91. The van der Waals surface area contributed by atoms with Gasteiger partial charge in [-0.05, 0) is 68.5 Å². The van der Waals surface area contributed by atoms with Crippen LogP contribution in [0.1, 0.15) is 75.2 Å². The Morgan fingerprint density at radius 3 is 2.41 bits per heavy atom. The summed E-state index contributed by atoms with van der Waals surface area (Å²) < 4.78 is 11.5. The highest BCUT2D eigenvalue weighted by molar-refractivity contribution is 6.36. The van der Waals surface area contributed by atoms with E-state index in [0.29, 0.717) is 51.7 Å². The molecule has 4 heterocycles. The number of H-pyrrole nitrogens is 1. The van der Waals surface area contributed by atoms with Gasteiger partial charge in [-0.3, -0.25) is 34.2 Å². The Morgan fingerprint density at radius 2 is 1.62 bits per heavy atom. The van der Waals surface area contributed by atoms with Crippen molar-refractivity contribution in [2.24, 2.45) is 0 Å². The topological polar surface area (TPSA) is 226 Å². The maximum Gasteiger partial charge on any atom is 0.315 e. The molecule has 3 aromatic carbocycles. The monoisotopic (exact) mass is 847 g/mol. The molecule has 1 aliphatic carbocycles. The Hall–Kier alpha value is -6.85. The molecule has 8 rings (SSSR count). The van der Waals surface area contributed by atoms with Crippen LogP contribution in [0.2, 0.25) is 5.02 Å². The Kier molecular flexibility index (Phi) is 12.2. The molecule has 0 spiro atoms. The van der Waals surface area contributed by atoms with E-state index in [-0.39, 0.29) is 72.6 Å². The number of para-hydroxylation sites is 1. The average Bonchev–Trinajstić information content (AvgIpc) is 3.80. The lowest BCUT2D eigenvalue weighted by molar-refractivity contribution is -0.136. The number of fused-ring (bicyclic) bond motifs is 2. The van der Waals surface area contributed by atoms with E-state index in [4.69, 9.17) is 21.1 Å². The number of carbonyl (C=O) groups excluding carboxylic acids is 6. The van der Waals surface area contributed by atoms with Gasteiger partial charge in [-0.25, -0.2) is 14.8 Å². The van der Waals surface area contributed by atoms with Crippen LogP contribution in [-0.4, -0.2) is 99.7 Å². The number of benzene rings is 3. The minimum Gasteiger partial charge on any atom is -0.457 e. The van der Waals surface area contributed by atoms with E-state index in [1.54, 1.807) is 36.5 Å². The number of rotatable bonds is 15. The van der Waals surface area contributed by atoms with Crippen LogP contribution in [-0.2, 0) is 14.3 Å². The van der Waals surface area contributed by atoms with Crippen LogP contribution in [0.4, 0.5) is 16.3 Å². The normalized spacial score (nSPS) is 18.7. The van der Waals surface area contributed by atoms with Crippen LogP contribution in [0, 0.1) is 0 Å². The molecule has 61 heavy (non-hydrogen) atoms. The van der Waals surface area contributed by atoms with Crippen LogP contribution < -0.4 is 31.3 Å². The van der Waals surface area contributed by atoms with Crippen LogP contribution in [0.15, 0.2) is 79.3 Å². The molecule has 6 amide bonds. The van der Waals surface area contributed by atoms with Crippen molar-refractivity contribution >= 4 is 69.6 Å². The second-order valence-electron chi connectivity index (χ2n) is 14.8. The Bertz CT molecular complexity index is 2510. The van der Waals surface area contributed by atoms with E-state index in [1.807, 2.05) is 30.3 Å². The smallest absolute Gasteiger partial charge is 0.315 e. The van der Waals surface area contributed by atoms with Crippen molar-refractivity contribution in [3.63, 3.8) is 0 Å². The number of nitrogens with zero attached hydrogens (tertiary/aromatic N) is 3. The number of aromatic amines is 1. The highest BCUT2D eigenvalue weighted by atomic mass is 35.5. The number of aromatic nitrogens is 3. The van der Waals surface area contributed by atoms with Crippen molar-refractivity contribution in [1.82, 2.24) is 35.8 Å². The summed E-state index contributed by atoms with van der Waals surface area (Å²) in [6.45, 7) is 1.09. The Morgan fingerprint density at radius 1 is 0.836 bits per heavy atom. The van der Waals surface area contributed by atoms with E-state index in [0.717, 1.165) is 30.6 Å². The lowest BCUT2D eigenvalue weighted by Crippen LogP contribution is -2.54. The molecule has 2 aliphatic heterocycles. The number of halogens is 1. The molecule has 0 bridgehead atoms. The van der Waals surface area contributed by atoms with Gasteiger partial charge in [0.05, 0.1) is 40.3 Å². The van der Waals surface area contributed by atoms with Gasteiger partial charge < -0.3 is 35.7 Å². The molecule has 314 valence electrons. The van der Waals surface area contributed by atoms with Gasteiger partial charge in [-0.2, -0.15) is 0 Å². The van der Waals surface area contributed by atoms with Crippen LogP contribution in [0.3, 0.4) is 0 Å². The summed E-state index contributed by atoms with van der Waals surface area (Å²) in [5.41, 5.74) is 2.02. The first kappa shape index (κ1) is 40.9. The number of urea groups is 1. The largest absolute Gasteiger partial charge is 0.457 e. The molecule has 3 aliphatic rings. The third-order valence-electron chi connectivity index (χ3n) is 10.8. The molecule has 2 aromatic heterocycles. The molecule has 1 saturated heterocycles. The van der Waals surface area contributed by atoms with E-state index in [9.17, 15) is 28.8 Å². The molecule has 2 fully saturated rings. The van der Waals surface area contributed by atoms with Gasteiger partial charge in [0.2, 0.25) is 11.8 Å². The molecular weight excluding hydrogens is 806 g/mol. The fraction of sp³-hybridized carbons (Fsp3) is 0.302. The van der Waals surface area contributed by atoms with Crippen LogP contribution >= 0.6 is 11.6 Å². The first-order valence-corrected chi connectivity index (χ1v) is 20.4. The summed E-state index contributed by atoms with van der Waals surface area (Å²) in [7, 11) is 0. The summed E-state index contributed by atoms with van der Waals surface area (Å²) in [6.07, 6.45) is 6.15. The summed E-state index contributed by atoms with van der Waals surface area (Å²) in [5.74, 6) is -0.858. The van der Waals surface area contributed by atoms with Gasteiger partial charge in [-0.1, -0.05) is 35.9 Å². The lowest BCUT2D eigenvalue weighted by Gasteiger charge is -2.30. The molecule has 1 saturated carbocycles. The number of nitrogens with one attached hydrogen (secondary N) is 6. The molecule has 0 radical (unpaired) electrons. The first-order valence-electron chi connectivity index (χ1n) is 20.0. The number of carbonyl (C=O) groups is 6. The summed E-state index contributed by atoms with van der Waals surface area (Å²) in [4.78, 5) is 89.6. The Balaban J connectivity index is 0.758. The highest BCUT2D eigenvalue weighted by Gasteiger charge is 2.45. The van der Waals surface area contributed by atoms with Crippen molar-refractivity contribution in [3.05, 3.63) is 107 Å². The fourth-order valence-electron chi connectivity index (χ4n) is 7.84. The second kappa shape index (κ2) is 18.2. The van der Waals surface area contributed by atoms with Gasteiger partial charge in [0.1, 0.15) is 35.3 Å². The van der Waals surface area contributed by atoms with Gasteiger partial charge in [0, 0.05) is 55.1 Å². The molecule has 18 heteroatoms. The molecule has 6 N–H and O–H groups in total. The fourth-order valence-corrected chi connectivity index (χ4v) is 8.09. The number of anilines is 2. The number of hydrogen-bond acceptors (Lipinski definition) is 12. The third-order valence-corrected chi connectivity index (χ3v) is 11.2. The van der Waals surface area contributed by atoms with Gasteiger partial charge in [0.15, 0.2) is 5.78 Å². The van der Waals surface area contributed by atoms with Crippen molar-refractivity contribution in [1.29, 1.82) is 0 Å². The zero-order valence-electron chi connectivity index (χ0n) is 32.8. The predicted molar refractivity (Wildman–Crippen MR) is 224 cm³/mol. The van der Waals surface area contributed by atoms with Crippen molar-refractivity contribution in [2.45, 2.75) is 56.7 Å². The molecule has 5 aromatic rings. The maximum absolute atomic E-state index is 13.8. The Labute approximate surface area is 354 Å². The van der Waals surface area contributed by atoms with E-state index in [1.165, 1.54) is 12.4 Å². The van der Waals surface area contributed by atoms with E-state index >= 15 is 0 Å². The van der Waals surface area contributed by atoms with Crippen LogP contribution in [0.5, 0.6) is 11.5 Å². The van der Waals surface area contributed by atoms with Crippen LogP contribution in [0.25, 0.3) is 11.0 Å². The standard InChI is InChI=1S/C43H42ClN9O8/c44-31-21-27(61-26-5-2-1-3-6-26)13-14-28(31)37(55)30-22-47-38-36(30)39(49-23-48-38)50-24-9-11-25(12-10-24)51-43(59)46-18-20-60-19-17-45-32-8-4-7-29-35(32)42(58)53(41(29)57)33-15-16-34(54)52-40(33)56/h1-8,13-14,21-25,33,45H,9-12,15-20H2,(H2,46,51,59)(H,52,54,56)(H2,47,48,49,50). The van der Waals surface area contributed by atoms with Gasteiger partial charge in [0.25, 0.3) is 11.8 Å². The summed E-state index contributed by atoms with van der Waals surface area (Å²) in [6, 6.07) is 17.8. The quantitative estimate of drug-likeness (QED) is 0.0455. The number of piperidine rings is 1. The van der Waals surface area contributed by atoms with Gasteiger partial charge >= 0.3 is 6.03 Å². The summed E-state index contributed by atoms with van der Waals surface area (Å²) in [5, 5.41) is 15.5. The SMILES string of the molecule is O=C1CCC(N2C(=O)c3cccc(NCCOCCNC(=O)NC4CCC(Nc5ncnc6[nH]cc(C(=O)c7ccc(Oc8ccccc8)cc7Cl)c56)CC4)c3C2=O)C(=O)N1. The third kappa shape index (κ3) is 9.02. The summed E-state index contributed by atoms with van der Waals surface area (Å²) >= 11 is 6.59. The second-order valence-corrected chi connectivity index (χ2v) is 15.2. The molecular formula is C43H42ClN9O8. The van der Waals surface area contributed by atoms with Crippen molar-refractivity contribution < 1.29 is 38.2 Å². The molecule has 17 nitrogen and oxygen atoms in total. The predicted octanol–water partition coefficient (Wildman–Crippen LogP) is 5.19. The minimum atomic E-state index is -1.04. The highest BCUT2D eigenvalue weighted by Crippen LogP contribution is 2.34. The number of hydrogen-bond donors (Lipinski definition) is 6. The van der Waals surface area contributed by atoms with Crippen molar-refractivity contribution in [2.75, 3.05) is 36.9 Å². The zero-order chi connectivity index (χ0) is 42.5. The molecule has 1 unspecified atom stereocenters. The maximum atomic E-state index is 13.8. The molecule has 1 atom stereocenters. The number of amides is 6. The van der Waals surface area contributed by atoms with E-state index in [2.05, 4.69) is 41.5 Å². The number of imide groups is 2. The van der Waals surface area contributed by atoms with E-state index < -0.39 is 29.7 Å².